The number of rotatable bonds is 3. The van der Waals surface area contributed by atoms with E-state index in [1.165, 1.54) is 0 Å². The van der Waals surface area contributed by atoms with Crippen LogP contribution in [0.2, 0.25) is 0 Å². The fourth-order valence-electron chi connectivity index (χ4n) is 2.35. The molecule has 0 aromatic heterocycles. The molecule has 1 fully saturated rings. The maximum atomic E-state index is 12.4. The van der Waals surface area contributed by atoms with Crippen molar-refractivity contribution in [2.75, 3.05) is 0 Å². The van der Waals surface area contributed by atoms with E-state index < -0.39 is 9.84 Å². The van der Waals surface area contributed by atoms with Crippen molar-refractivity contribution in [3.63, 3.8) is 0 Å². The van der Waals surface area contributed by atoms with Gasteiger partial charge in [-0.3, -0.25) is 0 Å². The third-order valence-electron chi connectivity index (χ3n) is 3.43. The van der Waals surface area contributed by atoms with Gasteiger partial charge in [0, 0.05) is 5.92 Å². The SMILES string of the molecule is O=S(=O)(c1ccccc1)[C@H]1C[C@H]1c1ccccc1. The van der Waals surface area contributed by atoms with E-state index in [1.807, 2.05) is 36.4 Å². The van der Waals surface area contributed by atoms with Crippen LogP contribution in [0.25, 0.3) is 0 Å². The largest absolute Gasteiger partial charge is 0.223 e. The minimum Gasteiger partial charge on any atom is -0.223 e. The van der Waals surface area contributed by atoms with Gasteiger partial charge < -0.3 is 0 Å². The first-order chi connectivity index (χ1) is 8.69. The molecule has 0 radical (unpaired) electrons. The summed E-state index contributed by atoms with van der Waals surface area (Å²) >= 11 is 0. The molecule has 2 aromatic rings. The Bertz CT molecular complexity index is 633. The van der Waals surface area contributed by atoms with Crippen molar-refractivity contribution >= 4 is 9.84 Å². The van der Waals surface area contributed by atoms with E-state index in [1.54, 1.807) is 24.3 Å². The molecule has 2 atom stereocenters. The second-order valence-electron chi connectivity index (χ2n) is 4.65. The van der Waals surface area contributed by atoms with Crippen molar-refractivity contribution in [1.29, 1.82) is 0 Å². The summed E-state index contributed by atoms with van der Waals surface area (Å²) in [5.41, 5.74) is 1.13. The Labute approximate surface area is 107 Å². The zero-order chi connectivity index (χ0) is 12.6. The van der Waals surface area contributed by atoms with E-state index in [0.717, 1.165) is 12.0 Å². The Morgan fingerprint density at radius 3 is 2.00 bits per heavy atom. The van der Waals surface area contributed by atoms with Gasteiger partial charge in [-0.05, 0) is 24.1 Å². The highest BCUT2D eigenvalue weighted by atomic mass is 32.2. The van der Waals surface area contributed by atoms with Gasteiger partial charge in [-0.1, -0.05) is 48.5 Å². The third kappa shape index (κ3) is 1.95. The predicted molar refractivity (Wildman–Crippen MR) is 71.2 cm³/mol. The zero-order valence-corrected chi connectivity index (χ0v) is 10.7. The lowest BCUT2D eigenvalue weighted by molar-refractivity contribution is 0.594. The zero-order valence-electron chi connectivity index (χ0n) is 9.86. The summed E-state index contributed by atoms with van der Waals surface area (Å²) in [6.07, 6.45) is 0.737. The standard InChI is InChI=1S/C15H14O2S/c16-18(17,13-9-5-2-6-10-13)15-11-14(15)12-7-3-1-4-8-12/h1-10,14-15H,11H2/t14-,15-/m0/s1. The van der Waals surface area contributed by atoms with Crippen LogP contribution in [0.3, 0.4) is 0 Å². The van der Waals surface area contributed by atoms with E-state index in [-0.39, 0.29) is 11.2 Å². The van der Waals surface area contributed by atoms with E-state index in [0.29, 0.717) is 4.90 Å². The Hall–Kier alpha value is -1.61. The highest BCUT2D eigenvalue weighted by Gasteiger charge is 2.48. The fourth-order valence-corrected chi connectivity index (χ4v) is 4.29. The molecule has 2 nitrogen and oxygen atoms in total. The van der Waals surface area contributed by atoms with Crippen LogP contribution < -0.4 is 0 Å². The molecular formula is C15H14O2S. The second kappa shape index (κ2) is 4.25. The molecule has 3 rings (SSSR count). The number of hydrogen-bond acceptors (Lipinski definition) is 2. The van der Waals surface area contributed by atoms with E-state index >= 15 is 0 Å². The molecule has 1 aliphatic carbocycles. The van der Waals surface area contributed by atoms with Crippen LogP contribution in [0.1, 0.15) is 17.9 Å². The normalized spacial score (nSPS) is 22.7. The smallest absolute Gasteiger partial charge is 0.181 e. The van der Waals surface area contributed by atoms with Gasteiger partial charge in [-0.2, -0.15) is 0 Å². The lowest BCUT2D eigenvalue weighted by Crippen LogP contribution is -2.08. The first-order valence-corrected chi connectivity index (χ1v) is 7.58. The number of hydrogen-bond donors (Lipinski definition) is 0. The van der Waals surface area contributed by atoms with Gasteiger partial charge in [-0.15, -0.1) is 0 Å². The van der Waals surface area contributed by atoms with Gasteiger partial charge in [0.1, 0.15) is 0 Å². The second-order valence-corrected chi connectivity index (χ2v) is 6.82. The summed E-state index contributed by atoms with van der Waals surface area (Å²) in [4.78, 5) is 0.438. The highest BCUT2D eigenvalue weighted by molar-refractivity contribution is 7.92. The van der Waals surface area contributed by atoms with Crippen LogP contribution >= 0.6 is 0 Å². The molecule has 0 N–H and O–H groups in total. The Morgan fingerprint density at radius 2 is 1.39 bits per heavy atom. The molecule has 3 heteroatoms. The van der Waals surface area contributed by atoms with Gasteiger partial charge in [0.05, 0.1) is 10.1 Å². The molecule has 0 amide bonds. The Kier molecular flexibility index (Phi) is 2.71. The van der Waals surface area contributed by atoms with Crippen molar-refractivity contribution in [3.8, 4) is 0 Å². The topological polar surface area (TPSA) is 34.1 Å². The van der Waals surface area contributed by atoms with Crippen molar-refractivity contribution in [2.45, 2.75) is 22.5 Å². The predicted octanol–water partition coefficient (Wildman–Crippen LogP) is 3.02. The molecule has 0 saturated heterocycles. The third-order valence-corrected chi connectivity index (χ3v) is 5.68. The van der Waals surface area contributed by atoms with Gasteiger partial charge >= 0.3 is 0 Å². The highest BCUT2D eigenvalue weighted by Crippen LogP contribution is 2.47. The lowest BCUT2D eigenvalue weighted by Gasteiger charge is -2.03. The minimum absolute atomic E-state index is 0.163. The molecule has 0 unspecified atom stereocenters. The first kappa shape index (κ1) is 11.5. The number of sulfone groups is 1. The Morgan fingerprint density at radius 1 is 0.833 bits per heavy atom. The van der Waals surface area contributed by atoms with Crippen LogP contribution in [0, 0.1) is 0 Å². The summed E-state index contributed by atoms with van der Waals surface area (Å²) in [5, 5.41) is -0.248. The van der Waals surface area contributed by atoms with Gasteiger partial charge in [0.25, 0.3) is 0 Å². The Balaban J connectivity index is 1.87. The monoisotopic (exact) mass is 258 g/mol. The maximum absolute atomic E-state index is 12.4. The average Bonchev–Trinajstić information content (AvgIpc) is 3.22. The average molecular weight is 258 g/mol. The van der Waals surface area contributed by atoms with Crippen molar-refractivity contribution < 1.29 is 8.42 Å². The van der Waals surface area contributed by atoms with E-state index in [9.17, 15) is 8.42 Å². The van der Waals surface area contributed by atoms with Gasteiger partial charge in [-0.25, -0.2) is 8.42 Å². The van der Waals surface area contributed by atoms with E-state index in [2.05, 4.69) is 0 Å². The first-order valence-electron chi connectivity index (χ1n) is 6.03. The quantitative estimate of drug-likeness (QED) is 0.848. The van der Waals surface area contributed by atoms with Crippen molar-refractivity contribution in [1.82, 2.24) is 0 Å². The van der Waals surface area contributed by atoms with Gasteiger partial charge in [0.15, 0.2) is 9.84 Å². The van der Waals surface area contributed by atoms with Crippen LogP contribution in [-0.2, 0) is 9.84 Å². The van der Waals surface area contributed by atoms with Crippen molar-refractivity contribution in [3.05, 3.63) is 66.2 Å². The molecule has 0 spiro atoms. The van der Waals surface area contributed by atoms with Crippen LogP contribution in [0.15, 0.2) is 65.6 Å². The summed E-state index contributed by atoms with van der Waals surface area (Å²) < 4.78 is 24.8. The van der Waals surface area contributed by atoms with Crippen LogP contribution in [-0.4, -0.2) is 13.7 Å². The number of benzene rings is 2. The minimum atomic E-state index is -3.16. The molecule has 1 saturated carbocycles. The molecule has 0 heterocycles. The molecule has 2 aromatic carbocycles. The van der Waals surface area contributed by atoms with Crippen LogP contribution in [0.5, 0.6) is 0 Å². The summed E-state index contributed by atoms with van der Waals surface area (Å²) in [6.45, 7) is 0. The summed E-state index contributed by atoms with van der Waals surface area (Å²) in [7, 11) is -3.16. The van der Waals surface area contributed by atoms with E-state index in [4.69, 9.17) is 0 Å². The molecule has 0 aliphatic heterocycles. The molecule has 1 aliphatic rings. The lowest BCUT2D eigenvalue weighted by atomic mass is 10.1. The molecule has 18 heavy (non-hydrogen) atoms. The molecule has 92 valence electrons. The summed E-state index contributed by atoms with van der Waals surface area (Å²) in [5.74, 6) is 0.163. The summed E-state index contributed by atoms with van der Waals surface area (Å²) in [6, 6.07) is 18.6. The maximum Gasteiger partial charge on any atom is 0.181 e. The molecule has 0 bridgehead atoms. The van der Waals surface area contributed by atoms with Crippen LogP contribution in [0.4, 0.5) is 0 Å². The fraction of sp³-hybridized carbons (Fsp3) is 0.200. The van der Waals surface area contributed by atoms with Crippen molar-refractivity contribution in [2.24, 2.45) is 0 Å². The molecular weight excluding hydrogens is 244 g/mol. The van der Waals surface area contributed by atoms with Gasteiger partial charge in [0.2, 0.25) is 0 Å².